The van der Waals surface area contributed by atoms with Crippen molar-refractivity contribution in [3.05, 3.63) is 11.8 Å². The zero-order valence-electron chi connectivity index (χ0n) is 13.0. The molecule has 0 bridgehead atoms. The van der Waals surface area contributed by atoms with Crippen LogP contribution in [0.3, 0.4) is 0 Å². The largest absolute Gasteiger partial charge is 0.424 e. The van der Waals surface area contributed by atoms with E-state index >= 15 is 0 Å². The maximum atomic E-state index is 12.4. The van der Waals surface area contributed by atoms with Crippen molar-refractivity contribution in [3.63, 3.8) is 0 Å². The second-order valence-electron chi connectivity index (χ2n) is 5.59. The van der Waals surface area contributed by atoms with Crippen molar-refractivity contribution >= 4 is 6.03 Å². The van der Waals surface area contributed by atoms with Crippen LogP contribution in [-0.4, -0.2) is 83.4 Å². The third-order valence-corrected chi connectivity index (χ3v) is 4.09. The Balaban J connectivity index is 1.46. The summed E-state index contributed by atoms with van der Waals surface area (Å²) in [4.78, 5) is 18.4. The van der Waals surface area contributed by atoms with Crippen molar-refractivity contribution in [3.8, 4) is 0 Å². The number of hydrogen-bond acceptors (Lipinski definition) is 6. The van der Waals surface area contributed by atoms with E-state index in [1.165, 1.54) is 0 Å². The van der Waals surface area contributed by atoms with Crippen LogP contribution in [0, 0.1) is 0 Å². The van der Waals surface area contributed by atoms with Crippen LogP contribution in [0.25, 0.3) is 0 Å². The van der Waals surface area contributed by atoms with Crippen LogP contribution < -0.4 is 0 Å². The van der Waals surface area contributed by atoms with Crippen LogP contribution in [0.5, 0.6) is 0 Å². The first-order chi connectivity index (χ1) is 10.8. The maximum Gasteiger partial charge on any atom is 0.320 e. The first kappa shape index (κ1) is 15.2. The highest BCUT2D eigenvalue weighted by Gasteiger charge is 2.26. The summed E-state index contributed by atoms with van der Waals surface area (Å²) in [6.45, 7) is 8.47. The lowest BCUT2D eigenvalue weighted by Crippen LogP contribution is -2.54. The molecule has 1 aromatic rings. The van der Waals surface area contributed by atoms with Crippen LogP contribution >= 0.6 is 0 Å². The molecule has 122 valence electrons. The second-order valence-corrected chi connectivity index (χ2v) is 5.59. The van der Waals surface area contributed by atoms with E-state index in [-0.39, 0.29) is 6.03 Å². The van der Waals surface area contributed by atoms with E-state index in [9.17, 15) is 4.79 Å². The molecule has 2 saturated heterocycles. The molecule has 0 atom stereocenters. The first-order valence-electron chi connectivity index (χ1n) is 7.91. The highest BCUT2D eigenvalue weighted by molar-refractivity contribution is 5.74. The fourth-order valence-electron chi connectivity index (χ4n) is 2.74. The maximum absolute atomic E-state index is 12.4. The number of carbonyl (C=O) groups is 1. The zero-order chi connectivity index (χ0) is 15.4. The lowest BCUT2D eigenvalue weighted by atomic mass is 10.3. The number of amides is 2. The molecule has 0 aromatic carbocycles. The van der Waals surface area contributed by atoms with Crippen LogP contribution in [0.15, 0.2) is 4.42 Å². The average Bonchev–Trinajstić information content (AvgIpc) is 3.03. The van der Waals surface area contributed by atoms with Gasteiger partial charge in [-0.15, -0.1) is 10.2 Å². The summed E-state index contributed by atoms with van der Waals surface area (Å²) in [7, 11) is 0. The molecule has 2 fully saturated rings. The molecule has 22 heavy (non-hydrogen) atoms. The van der Waals surface area contributed by atoms with Gasteiger partial charge in [-0.25, -0.2) is 4.79 Å². The summed E-state index contributed by atoms with van der Waals surface area (Å²) >= 11 is 0. The van der Waals surface area contributed by atoms with Crippen molar-refractivity contribution in [1.82, 2.24) is 24.9 Å². The summed E-state index contributed by atoms with van der Waals surface area (Å²) in [5.41, 5.74) is 0. The zero-order valence-corrected chi connectivity index (χ0v) is 13.0. The molecule has 3 rings (SSSR count). The van der Waals surface area contributed by atoms with Gasteiger partial charge in [-0.3, -0.25) is 4.90 Å². The number of ether oxygens (including phenoxy) is 1. The number of hydrogen-bond donors (Lipinski definition) is 0. The fraction of sp³-hybridized carbons (Fsp3) is 0.786. The van der Waals surface area contributed by atoms with Gasteiger partial charge in [0.1, 0.15) is 0 Å². The Morgan fingerprint density at radius 2 is 1.64 bits per heavy atom. The van der Waals surface area contributed by atoms with Crippen molar-refractivity contribution < 1.29 is 13.9 Å². The number of rotatable bonds is 3. The summed E-state index contributed by atoms with van der Waals surface area (Å²) in [6.07, 6.45) is 0.759. The molecule has 2 aliphatic heterocycles. The van der Waals surface area contributed by atoms with Crippen LogP contribution in [0.1, 0.15) is 18.7 Å². The Morgan fingerprint density at radius 3 is 2.27 bits per heavy atom. The van der Waals surface area contributed by atoms with E-state index in [0.29, 0.717) is 44.6 Å². The monoisotopic (exact) mass is 309 g/mol. The molecule has 3 heterocycles. The van der Waals surface area contributed by atoms with Gasteiger partial charge < -0.3 is 19.0 Å². The molecular weight excluding hydrogens is 286 g/mol. The molecule has 8 heteroatoms. The van der Waals surface area contributed by atoms with Crippen molar-refractivity contribution in [2.24, 2.45) is 0 Å². The normalized spacial score (nSPS) is 20.4. The summed E-state index contributed by atoms with van der Waals surface area (Å²) < 4.78 is 10.8. The molecule has 2 amide bonds. The van der Waals surface area contributed by atoms with Gasteiger partial charge in [-0.05, 0) is 0 Å². The fourth-order valence-corrected chi connectivity index (χ4v) is 2.74. The molecule has 0 N–H and O–H groups in total. The standard InChI is InChI=1S/C14H23N5O3/c1-2-12-15-16-13(22-12)11-17-3-5-18(6-4-17)14(20)19-7-9-21-10-8-19/h2-11H2,1H3. The van der Waals surface area contributed by atoms with Crippen molar-refractivity contribution in [1.29, 1.82) is 0 Å². The van der Waals surface area contributed by atoms with Gasteiger partial charge in [0.25, 0.3) is 0 Å². The van der Waals surface area contributed by atoms with Gasteiger partial charge >= 0.3 is 6.03 Å². The summed E-state index contributed by atoms with van der Waals surface area (Å²) in [5.74, 6) is 1.33. The molecule has 8 nitrogen and oxygen atoms in total. The van der Waals surface area contributed by atoms with Gasteiger partial charge in [0, 0.05) is 45.7 Å². The van der Waals surface area contributed by atoms with E-state index in [1.54, 1.807) is 0 Å². The molecule has 0 spiro atoms. The topological polar surface area (TPSA) is 74.9 Å². The van der Waals surface area contributed by atoms with Gasteiger partial charge in [0.15, 0.2) is 0 Å². The highest BCUT2D eigenvalue weighted by Crippen LogP contribution is 2.11. The van der Waals surface area contributed by atoms with E-state index < -0.39 is 0 Å². The Morgan fingerprint density at radius 1 is 1.00 bits per heavy atom. The minimum absolute atomic E-state index is 0.133. The van der Waals surface area contributed by atoms with Gasteiger partial charge in [-0.2, -0.15) is 0 Å². The van der Waals surface area contributed by atoms with Gasteiger partial charge in [0.05, 0.1) is 19.8 Å². The quantitative estimate of drug-likeness (QED) is 0.794. The number of morpholine rings is 1. The number of aromatic nitrogens is 2. The van der Waals surface area contributed by atoms with E-state index in [0.717, 1.165) is 32.6 Å². The SMILES string of the molecule is CCc1nnc(CN2CCN(C(=O)N3CCOCC3)CC2)o1. The average molecular weight is 309 g/mol. The van der Waals surface area contributed by atoms with Crippen LogP contribution in [0.4, 0.5) is 4.79 Å². The number of nitrogens with zero attached hydrogens (tertiary/aromatic N) is 5. The number of urea groups is 1. The summed E-state index contributed by atoms with van der Waals surface area (Å²) in [5, 5.41) is 8.03. The van der Waals surface area contributed by atoms with Crippen LogP contribution in [-0.2, 0) is 17.7 Å². The summed E-state index contributed by atoms with van der Waals surface area (Å²) in [6, 6.07) is 0.133. The molecule has 0 radical (unpaired) electrons. The van der Waals surface area contributed by atoms with E-state index in [4.69, 9.17) is 9.15 Å². The Kier molecular flexibility index (Phi) is 4.89. The Bertz CT molecular complexity index is 492. The Labute approximate surface area is 130 Å². The molecule has 0 aliphatic carbocycles. The highest BCUT2D eigenvalue weighted by atomic mass is 16.5. The minimum atomic E-state index is 0.133. The van der Waals surface area contributed by atoms with E-state index in [1.807, 2.05) is 16.7 Å². The number of carbonyl (C=O) groups excluding carboxylic acids is 1. The van der Waals surface area contributed by atoms with Crippen molar-refractivity contribution in [2.45, 2.75) is 19.9 Å². The first-order valence-corrected chi connectivity index (χ1v) is 7.91. The molecule has 0 saturated carbocycles. The van der Waals surface area contributed by atoms with Gasteiger partial charge in [0.2, 0.25) is 11.8 Å². The molecule has 1 aromatic heterocycles. The van der Waals surface area contributed by atoms with E-state index in [2.05, 4.69) is 15.1 Å². The number of aryl methyl sites for hydroxylation is 1. The number of piperazine rings is 1. The lowest BCUT2D eigenvalue weighted by molar-refractivity contribution is 0.0368. The molecule has 0 unspecified atom stereocenters. The van der Waals surface area contributed by atoms with Crippen LogP contribution in [0.2, 0.25) is 0 Å². The molecular formula is C14H23N5O3. The predicted molar refractivity (Wildman–Crippen MR) is 78.3 cm³/mol. The Hall–Kier alpha value is -1.67. The lowest BCUT2D eigenvalue weighted by Gasteiger charge is -2.38. The second kappa shape index (κ2) is 7.06. The van der Waals surface area contributed by atoms with Crippen molar-refractivity contribution in [2.75, 3.05) is 52.5 Å². The third kappa shape index (κ3) is 3.56. The molecule has 2 aliphatic rings. The predicted octanol–water partition coefficient (Wildman–Crippen LogP) is 0.202. The third-order valence-electron chi connectivity index (χ3n) is 4.09. The minimum Gasteiger partial charge on any atom is -0.424 e. The van der Waals surface area contributed by atoms with Gasteiger partial charge in [-0.1, -0.05) is 6.92 Å². The smallest absolute Gasteiger partial charge is 0.320 e.